The van der Waals surface area contributed by atoms with Crippen molar-refractivity contribution in [2.45, 2.75) is 70.2 Å². The number of morpholine rings is 1. The Labute approximate surface area is 137 Å². The van der Waals surface area contributed by atoms with Crippen LogP contribution in [0.2, 0.25) is 0 Å². The molecule has 1 N–H and O–H groups in total. The zero-order valence-corrected chi connectivity index (χ0v) is 14.1. The highest BCUT2D eigenvalue weighted by Gasteiger charge is 2.46. The highest BCUT2D eigenvalue weighted by Crippen LogP contribution is 2.39. The molecule has 0 radical (unpaired) electrons. The van der Waals surface area contributed by atoms with Gasteiger partial charge < -0.3 is 14.7 Å². The third-order valence-electron chi connectivity index (χ3n) is 5.60. The molecule has 5 atom stereocenters. The predicted octanol–water partition coefficient (Wildman–Crippen LogP) is 1.34. The van der Waals surface area contributed by atoms with Crippen molar-refractivity contribution in [3.8, 4) is 0 Å². The summed E-state index contributed by atoms with van der Waals surface area (Å²) >= 11 is 0. The molecule has 1 aliphatic carbocycles. The molecule has 0 bridgehead atoms. The van der Waals surface area contributed by atoms with Gasteiger partial charge in [0.2, 0.25) is 5.91 Å². The summed E-state index contributed by atoms with van der Waals surface area (Å²) in [4.78, 5) is 28.2. The number of carboxylic acid groups (broad SMARTS) is 1. The van der Waals surface area contributed by atoms with Gasteiger partial charge in [-0.3, -0.25) is 14.5 Å². The first kappa shape index (κ1) is 16.7. The zero-order chi connectivity index (χ0) is 16.6. The second-order valence-corrected chi connectivity index (χ2v) is 7.43. The summed E-state index contributed by atoms with van der Waals surface area (Å²) in [6.07, 6.45) is 5.24. The molecule has 1 amide bonds. The standard InChI is InChI=1S/C17H28N2O4/c1-11-8-18(9-12(2)23-11)16(20)10-19-14-6-4-3-5-13(14)7-15(19)17(21)22/h11-15H,3-10H2,1-2H3,(H,21,22)/t11-,12-,13+,14-,15+/m1/s1. The lowest BCUT2D eigenvalue weighted by Crippen LogP contribution is -2.53. The largest absolute Gasteiger partial charge is 0.480 e. The molecule has 6 nitrogen and oxygen atoms in total. The topological polar surface area (TPSA) is 70.1 Å². The molecule has 2 heterocycles. The van der Waals surface area contributed by atoms with Gasteiger partial charge in [0, 0.05) is 19.1 Å². The number of hydrogen-bond acceptors (Lipinski definition) is 4. The van der Waals surface area contributed by atoms with Crippen LogP contribution in [0.3, 0.4) is 0 Å². The quantitative estimate of drug-likeness (QED) is 0.848. The number of ether oxygens (including phenoxy) is 1. The molecule has 23 heavy (non-hydrogen) atoms. The van der Waals surface area contributed by atoms with Crippen molar-refractivity contribution in [2.24, 2.45) is 5.92 Å². The van der Waals surface area contributed by atoms with Gasteiger partial charge in [0.15, 0.2) is 0 Å². The fraction of sp³-hybridized carbons (Fsp3) is 0.882. The van der Waals surface area contributed by atoms with E-state index < -0.39 is 12.0 Å². The molecule has 2 saturated heterocycles. The van der Waals surface area contributed by atoms with Gasteiger partial charge in [0.05, 0.1) is 18.8 Å². The number of aliphatic carboxylic acids is 1. The third kappa shape index (κ3) is 3.53. The average Bonchev–Trinajstić information content (AvgIpc) is 2.85. The third-order valence-corrected chi connectivity index (χ3v) is 5.60. The molecule has 6 heteroatoms. The molecular formula is C17H28N2O4. The van der Waals surface area contributed by atoms with Crippen LogP contribution < -0.4 is 0 Å². The van der Waals surface area contributed by atoms with Gasteiger partial charge in [-0.25, -0.2) is 0 Å². The van der Waals surface area contributed by atoms with E-state index in [4.69, 9.17) is 4.74 Å². The number of fused-ring (bicyclic) bond motifs is 1. The minimum atomic E-state index is -0.782. The maximum Gasteiger partial charge on any atom is 0.320 e. The van der Waals surface area contributed by atoms with Crippen LogP contribution in [0.5, 0.6) is 0 Å². The Morgan fingerprint density at radius 2 is 1.78 bits per heavy atom. The summed E-state index contributed by atoms with van der Waals surface area (Å²) in [6, 6.07) is -0.229. The van der Waals surface area contributed by atoms with E-state index in [-0.39, 0.29) is 30.7 Å². The van der Waals surface area contributed by atoms with Crippen LogP contribution in [0.25, 0.3) is 0 Å². The molecule has 3 fully saturated rings. The number of carboxylic acids is 1. The Kier molecular flexibility index (Phi) is 4.92. The van der Waals surface area contributed by atoms with E-state index in [0.717, 1.165) is 19.3 Å². The van der Waals surface area contributed by atoms with E-state index in [0.29, 0.717) is 25.4 Å². The molecule has 2 aliphatic heterocycles. The Balaban J connectivity index is 1.68. The highest BCUT2D eigenvalue weighted by atomic mass is 16.5. The van der Waals surface area contributed by atoms with Crippen LogP contribution in [-0.2, 0) is 14.3 Å². The Morgan fingerprint density at radius 3 is 2.43 bits per heavy atom. The van der Waals surface area contributed by atoms with Crippen LogP contribution in [0.1, 0.15) is 46.0 Å². The summed E-state index contributed by atoms with van der Waals surface area (Å²) in [5, 5.41) is 9.55. The molecule has 130 valence electrons. The summed E-state index contributed by atoms with van der Waals surface area (Å²) in [5.41, 5.74) is 0. The van der Waals surface area contributed by atoms with Crippen molar-refractivity contribution < 1.29 is 19.4 Å². The van der Waals surface area contributed by atoms with Crippen LogP contribution in [0.15, 0.2) is 0 Å². The predicted molar refractivity (Wildman–Crippen MR) is 85.1 cm³/mol. The van der Waals surface area contributed by atoms with E-state index in [1.807, 2.05) is 23.6 Å². The normalized spacial score (nSPS) is 38.3. The summed E-state index contributed by atoms with van der Waals surface area (Å²) in [7, 11) is 0. The van der Waals surface area contributed by atoms with Crippen LogP contribution in [0.4, 0.5) is 0 Å². The smallest absolute Gasteiger partial charge is 0.320 e. The average molecular weight is 324 g/mol. The number of likely N-dealkylation sites (tertiary alicyclic amines) is 1. The SMILES string of the molecule is C[C@@H]1CN(C(=O)CN2[C@@H]3CCCC[C@H]3C[C@H]2C(=O)O)C[C@@H](C)O1. The molecule has 0 aromatic carbocycles. The summed E-state index contributed by atoms with van der Waals surface area (Å²) < 4.78 is 5.68. The maximum absolute atomic E-state index is 12.7. The van der Waals surface area contributed by atoms with Gasteiger partial charge in [-0.2, -0.15) is 0 Å². The van der Waals surface area contributed by atoms with E-state index in [2.05, 4.69) is 0 Å². The fourth-order valence-electron chi connectivity index (χ4n) is 4.66. The van der Waals surface area contributed by atoms with Crippen LogP contribution in [0, 0.1) is 5.92 Å². The zero-order valence-electron chi connectivity index (χ0n) is 14.1. The minimum Gasteiger partial charge on any atom is -0.480 e. The lowest BCUT2D eigenvalue weighted by atomic mass is 9.85. The molecule has 3 aliphatic rings. The highest BCUT2D eigenvalue weighted by molar-refractivity contribution is 5.80. The first-order valence-corrected chi connectivity index (χ1v) is 8.87. The van der Waals surface area contributed by atoms with Gasteiger partial charge >= 0.3 is 5.97 Å². The van der Waals surface area contributed by atoms with E-state index in [9.17, 15) is 14.7 Å². The molecule has 0 unspecified atom stereocenters. The van der Waals surface area contributed by atoms with Crippen molar-refractivity contribution >= 4 is 11.9 Å². The monoisotopic (exact) mass is 324 g/mol. The van der Waals surface area contributed by atoms with Crippen molar-refractivity contribution in [3.05, 3.63) is 0 Å². The second kappa shape index (κ2) is 6.77. The molecule has 0 aromatic rings. The number of carbonyl (C=O) groups is 2. The Morgan fingerprint density at radius 1 is 1.13 bits per heavy atom. The van der Waals surface area contributed by atoms with Crippen molar-refractivity contribution in [3.63, 3.8) is 0 Å². The van der Waals surface area contributed by atoms with E-state index in [1.54, 1.807) is 0 Å². The van der Waals surface area contributed by atoms with Crippen molar-refractivity contribution in [1.82, 2.24) is 9.80 Å². The molecule has 3 rings (SSSR count). The number of nitrogens with zero attached hydrogens (tertiary/aromatic N) is 2. The molecule has 0 aromatic heterocycles. The minimum absolute atomic E-state index is 0.0407. The molecule has 0 spiro atoms. The lowest BCUT2D eigenvalue weighted by Gasteiger charge is -2.38. The van der Waals surface area contributed by atoms with E-state index in [1.165, 1.54) is 6.42 Å². The first-order valence-electron chi connectivity index (χ1n) is 8.87. The summed E-state index contributed by atoms with van der Waals surface area (Å²) in [5.74, 6) is -0.291. The van der Waals surface area contributed by atoms with Gasteiger partial charge in [0.25, 0.3) is 0 Å². The van der Waals surface area contributed by atoms with Crippen molar-refractivity contribution in [2.75, 3.05) is 19.6 Å². The van der Waals surface area contributed by atoms with Gasteiger partial charge in [-0.1, -0.05) is 12.8 Å². The summed E-state index contributed by atoms with van der Waals surface area (Å²) in [6.45, 7) is 5.38. The number of hydrogen-bond donors (Lipinski definition) is 1. The molecular weight excluding hydrogens is 296 g/mol. The molecule has 1 saturated carbocycles. The number of amides is 1. The second-order valence-electron chi connectivity index (χ2n) is 7.43. The van der Waals surface area contributed by atoms with Crippen LogP contribution in [-0.4, -0.2) is 70.7 Å². The van der Waals surface area contributed by atoms with Crippen molar-refractivity contribution in [1.29, 1.82) is 0 Å². The van der Waals surface area contributed by atoms with Gasteiger partial charge in [0.1, 0.15) is 6.04 Å². The van der Waals surface area contributed by atoms with Gasteiger partial charge in [-0.05, 0) is 39.0 Å². The maximum atomic E-state index is 12.7. The van der Waals surface area contributed by atoms with Gasteiger partial charge in [-0.15, -0.1) is 0 Å². The Bertz CT molecular complexity index is 460. The van der Waals surface area contributed by atoms with Crippen LogP contribution >= 0.6 is 0 Å². The van der Waals surface area contributed by atoms with E-state index >= 15 is 0 Å². The lowest BCUT2D eigenvalue weighted by molar-refractivity contribution is -0.148. The number of rotatable bonds is 3. The first-order chi connectivity index (χ1) is 11.0. The number of carbonyl (C=O) groups excluding carboxylic acids is 1. The Hall–Kier alpha value is -1.14. The fourth-order valence-corrected chi connectivity index (χ4v) is 4.66.